The van der Waals surface area contributed by atoms with Crippen molar-refractivity contribution < 1.29 is 22.4 Å². The fourth-order valence-electron chi connectivity index (χ4n) is 4.91. The van der Waals surface area contributed by atoms with Gasteiger partial charge in [0.05, 0.1) is 11.9 Å². The number of sulfonamides is 1. The van der Waals surface area contributed by atoms with Gasteiger partial charge in [-0.25, -0.2) is 12.8 Å². The maximum Gasteiger partial charge on any atom is 0.242 e. The molecule has 1 fully saturated rings. The minimum atomic E-state index is -3.57. The lowest BCUT2D eigenvalue weighted by Gasteiger charge is -2.31. The molecule has 1 atom stereocenters. The van der Waals surface area contributed by atoms with Crippen molar-refractivity contribution >= 4 is 27.5 Å². The van der Waals surface area contributed by atoms with Gasteiger partial charge in [0.1, 0.15) is 11.9 Å². The van der Waals surface area contributed by atoms with Crippen molar-refractivity contribution in [3.8, 4) is 0 Å². The number of halogens is 1. The largest absolute Gasteiger partial charge is 0.352 e. The smallest absolute Gasteiger partial charge is 0.242 e. The van der Waals surface area contributed by atoms with Gasteiger partial charge in [-0.05, 0) is 74.9 Å². The highest BCUT2D eigenvalue weighted by molar-refractivity contribution is 7.92. The number of aryl methyl sites for hydroxylation is 2. The molecule has 1 aliphatic carbocycles. The van der Waals surface area contributed by atoms with Gasteiger partial charge in [0, 0.05) is 25.6 Å². The van der Waals surface area contributed by atoms with Gasteiger partial charge >= 0.3 is 0 Å². The maximum absolute atomic E-state index is 13.5. The molecule has 9 heteroatoms. The Bertz CT molecular complexity index is 1210. The van der Waals surface area contributed by atoms with Crippen molar-refractivity contribution in [3.63, 3.8) is 0 Å². The molecule has 0 bridgehead atoms. The molecule has 2 aromatic carbocycles. The zero-order valence-electron chi connectivity index (χ0n) is 22.9. The second kappa shape index (κ2) is 13.2. The van der Waals surface area contributed by atoms with Crippen molar-refractivity contribution in [3.05, 3.63) is 65.0 Å². The fourth-order valence-corrected chi connectivity index (χ4v) is 5.92. The summed E-state index contributed by atoms with van der Waals surface area (Å²) < 4.78 is 40.0. The second-order valence-electron chi connectivity index (χ2n) is 10.4. The van der Waals surface area contributed by atoms with Crippen molar-refractivity contribution in [2.45, 2.75) is 84.3 Å². The van der Waals surface area contributed by atoms with Gasteiger partial charge in [-0.1, -0.05) is 43.5 Å². The summed E-state index contributed by atoms with van der Waals surface area (Å²) in [5.74, 6) is -0.836. The number of amides is 2. The number of rotatable bonds is 11. The summed E-state index contributed by atoms with van der Waals surface area (Å²) in [5, 5.41) is 3.10. The second-order valence-corrected chi connectivity index (χ2v) is 12.3. The van der Waals surface area contributed by atoms with Gasteiger partial charge in [-0.15, -0.1) is 0 Å². The normalized spacial score (nSPS) is 15.1. The van der Waals surface area contributed by atoms with Crippen LogP contribution in [0.5, 0.6) is 0 Å². The van der Waals surface area contributed by atoms with E-state index in [-0.39, 0.29) is 49.6 Å². The summed E-state index contributed by atoms with van der Waals surface area (Å²) >= 11 is 0. The highest BCUT2D eigenvalue weighted by Gasteiger charge is 2.28. The number of carbonyl (C=O) groups is 2. The van der Waals surface area contributed by atoms with Gasteiger partial charge < -0.3 is 10.2 Å². The summed E-state index contributed by atoms with van der Waals surface area (Å²) in [5.41, 5.74) is 3.09. The Hall–Kier alpha value is -2.94. The molecule has 7 nitrogen and oxygen atoms in total. The van der Waals surface area contributed by atoms with Gasteiger partial charge in [0.25, 0.3) is 0 Å². The number of anilines is 1. The molecule has 0 heterocycles. The van der Waals surface area contributed by atoms with Crippen LogP contribution in [0.4, 0.5) is 10.1 Å². The first kappa shape index (κ1) is 29.6. The third-order valence-corrected chi connectivity index (χ3v) is 8.35. The first-order chi connectivity index (χ1) is 18.0. The van der Waals surface area contributed by atoms with E-state index in [0.29, 0.717) is 11.3 Å². The fraction of sp³-hybridized carbons (Fsp3) is 0.517. The SMILES string of the molecule is Cc1ccc(C)c(N(CCCC(=O)N(Cc2ccc(F)cc2)[C@@H](C)C(=O)NC2CCCCC2)S(C)(=O)=O)c1. The Kier molecular flexibility index (Phi) is 10.3. The molecule has 38 heavy (non-hydrogen) atoms. The highest BCUT2D eigenvalue weighted by Crippen LogP contribution is 2.25. The average Bonchev–Trinajstić information content (AvgIpc) is 2.87. The van der Waals surface area contributed by atoms with Gasteiger partial charge in [0.15, 0.2) is 0 Å². The van der Waals surface area contributed by atoms with Crippen LogP contribution in [0.1, 0.15) is 68.6 Å². The topological polar surface area (TPSA) is 86.8 Å². The van der Waals surface area contributed by atoms with E-state index in [1.54, 1.807) is 19.1 Å². The Morgan fingerprint density at radius 1 is 1.05 bits per heavy atom. The summed E-state index contributed by atoms with van der Waals surface area (Å²) in [6.45, 7) is 5.76. The Balaban J connectivity index is 1.73. The summed E-state index contributed by atoms with van der Waals surface area (Å²) in [7, 11) is -3.57. The molecule has 0 radical (unpaired) electrons. The molecule has 0 aliphatic heterocycles. The maximum atomic E-state index is 13.5. The van der Waals surface area contributed by atoms with Crippen LogP contribution in [0, 0.1) is 19.7 Å². The van der Waals surface area contributed by atoms with Crippen LogP contribution >= 0.6 is 0 Å². The van der Waals surface area contributed by atoms with Crippen LogP contribution in [0.15, 0.2) is 42.5 Å². The third kappa shape index (κ3) is 8.28. The lowest BCUT2D eigenvalue weighted by Crippen LogP contribution is -2.50. The predicted molar refractivity (Wildman–Crippen MR) is 149 cm³/mol. The van der Waals surface area contributed by atoms with Crippen LogP contribution in [-0.4, -0.2) is 50.0 Å². The zero-order valence-corrected chi connectivity index (χ0v) is 23.7. The van der Waals surface area contributed by atoms with Crippen LogP contribution < -0.4 is 9.62 Å². The molecule has 0 unspecified atom stereocenters. The lowest BCUT2D eigenvalue weighted by atomic mass is 9.95. The van der Waals surface area contributed by atoms with Crippen LogP contribution in [0.25, 0.3) is 0 Å². The lowest BCUT2D eigenvalue weighted by molar-refractivity contribution is -0.141. The van der Waals surface area contributed by atoms with Crippen molar-refractivity contribution in [2.24, 2.45) is 0 Å². The van der Waals surface area contributed by atoms with Crippen LogP contribution in [0.2, 0.25) is 0 Å². The molecule has 1 N–H and O–H groups in total. The molecule has 2 aromatic rings. The van der Waals surface area contributed by atoms with E-state index in [1.165, 1.54) is 27.8 Å². The van der Waals surface area contributed by atoms with Crippen LogP contribution in [-0.2, 0) is 26.2 Å². The van der Waals surface area contributed by atoms with E-state index < -0.39 is 16.1 Å². The molecule has 208 valence electrons. The molecule has 1 saturated carbocycles. The number of nitrogens with zero attached hydrogens (tertiary/aromatic N) is 2. The number of benzene rings is 2. The van der Waals surface area contributed by atoms with E-state index in [0.717, 1.165) is 43.1 Å². The molecule has 2 amide bonds. The molecule has 1 aliphatic rings. The molecule has 0 saturated heterocycles. The summed E-state index contributed by atoms with van der Waals surface area (Å²) in [4.78, 5) is 28.1. The number of nitrogens with one attached hydrogen (secondary N) is 1. The monoisotopic (exact) mass is 545 g/mol. The van der Waals surface area contributed by atoms with Crippen molar-refractivity contribution in [2.75, 3.05) is 17.1 Å². The zero-order chi connectivity index (χ0) is 27.9. The van der Waals surface area contributed by atoms with Gasteiger partial charge in [-0.3, -0.25) is 13.9 Å². The first-order valence-electron chi connectivity index (χ1n) is 13.3. The first-order valence-corrected chi connectivity index (χ1v) is 15.2. The Morgan fingerprint density at radius 2 is 1.71 bits per heavy atom. The summed E-state index contributed by atoms with van der Waals surface area (Å²) in [6.07, 6.45) is 6.71. The minimum Gasteiger partial charge on any atom is -0.352 e. The quantitative estimate of drug-likeness (QED) is 0.437. The molecule has 3 rings (SSSR count). The number of hydrogen-bond acceptors (Lipinski definition) is 4. The van der Waals surface area contributed by atoms with E-state index in [4.69, 9.17) is 0 Å². The van der Waals surface area contributed by atoms with E-state index in [1.807, 2.05) is 32.0 Å². The van der Waals surface area contributed by atoms with Crippen LogP contribution in [0.3, 0.4) is 0 Å². The van der Waals surface area contributed by atoms with Gasteiger partial charge in [0.2, 0.25) is 21.8 Å². The Morgan fingerprint density at radius 3 is 2.34 bits per heavy atom. The minimum absolute atomic E-state index is 0.0686. The van der Waals surface area contributed by atoms with E-state index in [2.05, 4.69) is 5.32 Å². The predicted octanol–water partition coefficient (Wildman–Crippen LogP) is 4.85. The Labute approximate surface area is 226 Å². The third-order valence-electron chi connectivity index (χ3n) is 7.17. The van der Waals surface area contributed by atoms with E-state index in [9.17, 15) is 22.4 Å². The standard InChI is InChI=1S/C29H40FN3O4S/c1-21-12-13-22(2)27(19-21)33(38(4,36)37)18-8-11-28(34)32(20-24-14-16-25(30)17-15-24)23(3)29(35)31-26-9-6-5-7-10-26/h12-17,19,23,26H,5-11,18,20H2,1-4H3,(H,31,35)/t23-/m0/s1. The summed E-state index contributed by atoms with van der Waals surface area (Å²) in [6, 6.07) is 10.9. The molecular weight excluding hydrogens is 505 g/mol. The number of hydrogen-bond donors (Lipinski definition) is 1. The van der Waals surface area contributed by atoms with E-state index >= 15 is 0 Å². The molecular formula is C29H40FN3O4S. The average molecular weight is 546 g/mol. The highest BCUT2D eigenvalue weighted by atomic mass is 32.2. The van der Waals surface area contributed by atoms with Gasteiger partial charge in [-0.2, -0.15) is 0 Å². The molecule has 0 spiro atoms. The number of carbonyl (C=O) groups excluding carboxylic acids is 2. The van der Waals surface area contributed by atoms with Crippen molar-refractivity contribution in [1.82, 2.24) is 10.2 Å². The molecule has 0 aromatic heterocycles. The van der Waals surface area contributed by atoms with Crippen molar-refractivity contribution in [1.29, 1.82) is 0 Å².